The highest BCUT2D eigenvalue weighted by Gasteiger charge is 2.33. The van der Waals surface area contributed by atoms with Gasteiger partial charge < -0.3 is 14.7 Å². The maximum Gasteiger partial charge on any atom is 0.123 e. The number of benzene rings is 3. The predicted molar refractivity (Wildman–Crippen MR) is 125 cm³/mol. The molecule has 0 radical (unpaired) electrons. The van der Waals surface area contributed by atoms with E-state index in [1.165, 1.54) is 55.6 Å². The van der Waals surface area contributed by atoms with Gasteiger partial charge in [-0.15, -0.1) is 0 Å². The second-order valence-corrected chi connectivity index (χ2v) is 8.92. The van der Waals surface area contributed by atoms with Gasteiger partial charge in [0.2, 0.25) is 0 Å². The van der Waals surface area contributed by atoms with Crippen LogP contribution in [0.3, 0.4) is 0 Å². The zero-order valence-corrected chi connectivity index (χ0v) is 18.0. The molecule has 160 valence electrons. The molecule has 3 aromatic rings. The summed E-state index contributed by atoms with van der Waals surface area (Å²) in [6.07, 6.45) is 5.07. The van der Waals surface area contributed by atoms with E-state index in [2.05, 4.69) is 59.5 Å². The molecule has 0 aromatic heterocycles. The fraction of sp³-hybridized carbons (Fsp3) is 0.357. The van der Waals surface area contributed by atoms with Gasteiger partial charge >= 0.3 is 0 Å². The number of aromatic hydroxyl groups is 1. The molecule has 2 aliphatic heterocycles. The van der Waals surface area contributed by atoms with Crippen molar-refractivity contribution in [2.75, 3.05) is 26.2 Å². The molecule has 1 saturated heterocycles. The lowest BCUT2D eigenvalue weighted by molar-refractivity contribution is 0.248. The number of nitrogens with zero attached hydrogens (tertiary/aromatic N) is 1. The molecule has 2 atom stereocenters. The maximum absolute atomic E-state index is 10.2. The van der Waals surface area contributed by atoms with E-state index < -0.39 is 0 Å². The van der Waals surface area contributed by atoms with Gasteiger partial charge in [-0.05, 0) is 80.2 Å². The number of ether oxygens (including phenoxy) is 1. The van der Waals surface area contributed by atoms with Crippen molar-refractivity contribution in [3.8, 4) is 11.5 Å². The smallest absolute Gasteiger partial charge is 0.123 e. The lowest BCUT2D eigenvalue weighted by atomic mass is 9.75. The summed E-state index contributed by atoms with van der Waals surface area (Å²) in [6, 6.07) is 25.2. The number of hydrogen-bond acceptors (Lipinski definition) is 3. The van der Waals surface area contributed by atoms with E-state index in [9.17, 15) is 5.11 Å². The molecule has 0 bridgehead atoms. The molecule has 2 aliphatic rings. The van der Waals surface area contributed by atoms with E-state index in [4.69, 9.17) is 4.74 Å². The summed E-state index contributed by atoms with van der Waals surface area (Å²) in [6.45, 7) is 4.40. The van der Waals surface area contributed by atoms with Gasteiger partial charge in [-0.25, -0.2) is 0 Å². The van der Waals surface area contributed by atoms with Crippen molar-refractivity contribution < 1.29 is 9.84 Å². The molecule has 0 aliphatic carbocycles. The third kappa shape index (κ3) is 4.47. The van der Waals surface area contributed by atoms with Crippen LogP contribution >= 0.6 is 0 Å². The monoisotopic (exact) mass is 413 g/mol. The summed E-state index contributed by atoms with van der Waals surface area (Å²) in [7, 11) is 0. The van der Waals surface area contributed by atoms with Gasteiger partial charge in [0.25, 0.3) is 0 Å². The predicted octanol–water partition coefficient (Wildman–Crippen LogP) is 5.73. The SMILES string of the molecule is Oc1ccc2c(c1)[C@@H](c1ccc(CCCN3CCCC3)cc1)[C@@H](c1ccccc1)CO2. The summed E-state index contributed by atoms with van der Waals surface area (Å²) < 4.78 is 6.11. The Morgan fingerprint density at radius 3 is 2.42 bits per heavy atom. The van der Waals surface area contributed by atoms with Crippen molar-refractivity contribution in [1.82, 2.24) is 4.90 Å². The Morgan fingerprint density at radius 2 is 1.65 bits per heavy atom. The van der Waals surface area contributed by atoms with Crippen molar-refractivity contribution in [3.63, 3.8) is 0 Å². The van der Waals surface area contributed by atoms with E-state index in [0.717, 1.165) is 17.7 Å². The Kier molecular flexibility index (Phi) is 5.95. The number of likely N-dealkylation sites (tertiary alicyclic amines) is 1. The number of aryl methyl sites for hydroxylation is 1. The minimum absolute atomic E-state index is 0.164. The molecule has 0 unspecified atom stereocenters. The fourth-order valence-electron chi connectivity index (χ4n) is 5.21. The first kappa shape index (κ1) is 20.1. The van der Waals surface area contributed by atoms with Crippen LogP contribution in [0.2, 0.25) is 0 Å². The van der Waals surface area contributed by atoms with Gasteiger partial charge in [0.05, 0.1) is 6.61 Å². The van der Waals surface area contributed by atoms with Crippen molar-refractivity contribution in [2.24, 2.45) is 0 Å². The lowest BCUT2D eigenvalue weighted by Crippen LogP contribution is -2.25. The first-order valence-corrected chi connectivity index (χ1v) is 11.6. The minimum atomic E-state index is 0.164. The molecule has 31 heavy (non-hydrogen) atoms. The Balaban J connectivity index is 1.39. The van der Waals surface area contributed by atoms with Crippen molar-refractivity contribution in [3.05, 3.63) is 95.1 Å². The van der Waals surface area contributed by atoms with Crippen molar-refractivity contribution in [2.45, 2.75) is 37.5 Å². The first-order valence-electron chi connectivity index (χ1n) is 11.6. The molecule has 0 amide bonds. The van der Waals surface area contributed by atoms with Crippen molar-refractivity contribution in [1.29, 1.82) is 0 Å². The van der Waals surface area contributed by atoms with Crippen LogP contribution < -0.4 is 4.74 Å². The molecule has 0 saturated carbocycles. The Morgan fingerprint density at radius 1 is 0.871 bits per heavy atom. The van der Waals surface area contributed by atoms with Crippen molar-refractivity contribution >= 4 is 0 Å². The summed E-state index contributed by atoms with van der Waals surface area (Å²) in [5.41, 5.74) is 5.03. The van der Waals surface area contributed by atoms with Gasteiger partial charge in [-0.3, -0.25) is 0 Å². The van der Waals surface area contributed by atoms with E-state index in [-0.39, 0.29) is 11.8 Å². The van der Waals surface area contributed by atoms with Gasteiger partial charge in [-0.1, -0.05) is 54.6 Å². The second kappa shape index (κ2) is 9.15. The minimum Gasteiger partial charge on any atom is -0.508 e. The quantitative estimate of drug-likeness (QED) is 0.560. The van der Waals surface area contributed by atoms with E-state index in [0.29, 0.717) is 12.4 Å². The second-order valence-electron chi connectivity index (χ2n) is 8.92. The van der Waals surface area contributed by atoms with Gasteiger partial charge in [0, 0.05) is 17.4 Å². The van der Waals surface area contributed by atoms with E-state index >= 15 is 0 Å². The number of phenolic OH excluding ortho intramolecular Hbond substituents is 1. The number of phenols is 1. The summed E-state index contributed by atoms with van der Waals surface area (Å²) in [4.78, 5) is 2.59. The molecule has 3 aromatic carbocycles. The number of fused-ring (bicyclic) bond motifs is 1. The molecule has 1 N–H and O–H groups in total. The Bertz CT molecular complexity index is 993. The summed E-state index contributed by atoms with van der Waals surface area (Å²) in [5.74, 6) is 1.55. The molecule has 0 spiro atoms. The molecular formula is C28H31NO2. The standard InChI is InChI=1S/C28H31NO2/c30-24-14-15-27-25(19-24)28(26(20-31-27)22-8-2-1-3-9-22)23-12-10-21(11-13-23)7-6-18-29-16-4-5-17-29/h1-3,8-15,19,26,28,30H,4-7,16-18,20H2/t26-,28-/m1/s1. The highest BCUT2D eigenvalue weighted by Crippen LogP contribution is 2.46. The van der Waals surface area contributed by atoms with Crippen LogP contribution in [0, 0.1) is 0 Å². The van der Waals surface area contributed by atoms with Crippen LogP contribution in [0.5, 0.6) is 11.5 Å². The molecular weight excluding hydrogens is 382 g/mol. The van der Waals surface area contributed by atoms with Gasteiger partial charge in [0.1, 0.15) is 11.5 Å². The average Bonchev–Trinajstić information content (AvgIpc) is 3.33. The van der Waals surface area contributed by atoms with Crippen LogP contribution in [-0.4, -0.2) is 36.2 Å². The largest absolute Gasteiger partial charge is 0.508 e. The highest BCUT2D eigenvalue weighted by atomic mass is 16.5. The zero-order chi connectivity index (χ0) is 21.0. The number of hydrogen-bond donors (Lipinski definition) is 1. The lowest BCUT2D eigenvalue weighted by Gasteiger charge is -2.34. The third-order valence-electron chi connectivity index (χ3n) is 6.85. The molecule has 2 heterocycles. The zero-order valence-electron chi connectivity index (χ0n) is 18.0. The van der Waals surface area contributed by atoms with Crippen LogP contribution in [-0.2, 0) is 6.42 Å². The maximum atomic E-state index is 10.2. The average molecular weight is 414 g/mol. The molecule has 1 fully saturated rings. The molecule has 3 nitrogen and oxygen atoms in total. The third-order valence-corrected chi connectivity index (χ3v) is 6.85. The first-order chi connectivity index (χ1) is 15.3. The topological polar surface area (TPSA) is 32.7 Å². The Labute approximate surface area is 185 Å². The summed E-state index contributed by atoms with van der Waals surface area (Å²) in [5, 5.41) is 10.2. The normalized spacial score (nSPS) is 20.9. The number of rotatable bonds is 6. The molecule has 3 heteroatoms. The van der Waals surface area contributed by atoms with Gasteiger partial charge in [0.15, 0.2) is 0 Å². The fourth-order valence-corrected chi connectivity index (χ4v) is 5.21. The van der Waals surface area contributed by atoms with Crippen LogP contribution in [0.1, 0.15) is 53.4 Å². The summed E-state index contributed by atoms with van der Waals surface area (Å²) >= 11 is 0. The van der Waals surface area contributed by atoms with E-state index in [1.54, 1.807) is 6.07 Å². The van der Waals surface area contributed by atoms with Crippen LogP contribution in [0.15, 0.2) is 72.8 Å². The Hall–Kier alpha value is -2.78. The van der Waals surface area contributed by atoms with Gasteiger partial charge in [-0.2, -0.15) is 0 Å². The highest BCUT2D eigenvalue weighted by molar-refractivity contribution is 5.50. The van der Waals surface area contributed by atoms with Crippen LogP contribution in [0.25, 0.3) is 0 Å². The van der Waals surface area contributed by atoms with E-state index in [1.807, 2.05) is 12.1 Å². The molecule has 5 rings (SSSR count). The van der Waals surface area contributed by atoms with Crippen LogP contribution in [0.4, 0.5) is 0 Å².